The highest BCUT2D eigenvalue weighted by molar-refractivity contribution is 7.89. The number of sulfonamides is 1. The Bertz CT molecular complexity index is 968. The molecular weight excluding hydrogens is 382 g/mol. The van der Waals surface area contributed by atoms with Gasteiger partial charge in [0.05, 0.1) is 15.1 Å². The average Bonchev–Trinajstić information content (AvgIpc) is 2.97. The summed E-state index contributed by atoms with van der Waals surface area (Å²) in [6, 6.07) is 13.4. The van der Waals surface area contributed by atoms with Crippen molar-refractivity contribution in [1.29, 1.82) is 0 Å². The predicted molar refractivity (Wildman–Crippen MR) is 99.5 cm³/mol. The molecule has 1 aromatic heterocycles. The number of anilines is 1. The zero-order valence-electron chi connectivity index (χ0n) is 12.9. The van der Waals surface area contributed by atoms with E-state index in [-0.39, 0.29) is 23.8 Å². The molecule has 3 aromatic rings. The first kappa shape index (κ1) is 17.8. The number of halogens is 1. The molecule has 0 aliphatic carbocycles. The van der Waals surface area contributed by atoms with Crippen molar-refractivity contribution in [3.05, 3.63) is 53.6 Å². The van der Waals surface area contributed by atoms with Crippen molar-refractivity contribution in [3.8, 4) is 0 Å². The predicted octanol–water partition coefficient (Wildman–Crippen LogP) is 3.26. The van der Waals surface area contributed by atoms with E-state index < -0.39 is 10.0 Å². The number of benzene rings is 2. The third-order valence-corrected chi connectivity index (χ3v) is 5.99. The molecule has 130 valence electrons. The van der Waals surface area contributed by atoms with Crippen LogP contribution in [0.5, 0.6) is 0 Å². The van der Waals surface area contributed by atoms with Gasteiger partial charge in [0.2, 0.25) is 15.9 Å². The van der Waals surface area contributed by atoms with Crippen LogP contribution >= 0.6 is 22.9 Å². The number of rotatable bonds is 6. The van der Waals surface area contributed by atoms with Crippen LogP contribution in [0.15, 0.2) is 53.4 Å². The van der Waals surface area contributed by atoms with Gasteiger partial charge < -0.3 is 5.32 Å². The van der Waals surface area contributed by atoms with E-state index in [0.29, 0.717) is 10.2 Å². The van der Waals surface area contributed by atoms with Crippen LogP contribution in [0.2, 0.25) is 5.02 Å². The Morgan fingerprint density at radius 2 is 1.84 bits per heavy atom. The molecule has 25 heavy (non-hydrogen) atoms. The maximum absolute atomic E-state index is 12.1. The first-order chi connectivity index (χ1) is 11.9. The molecule has 3 rings (SSSR count). The number of nitrogens with one attached hydrogen (secondary N) is 2. The van der Waals surface area contributed by atoms with E-state index >= 15 is 0 Å². The van der Waals surface area contributed by atoms with Crippen molar-refractivity contribution in [2.24, 2.45) is 0 Å². The topological polar surface area (TPSA) is 88.2 Å². The Morgan fingerprint density at radius 1 is 1.12 bits per heavy atom. The number of thiazole rings is 1. The Balaban J connectivity index is 1.54. The average molecular weight is 396 g/mol. The zero-order valence-corrected chi connectivity index (χ0v) is 15.3. The number of para-hydroxylation sites is 1. The van der Waals surface area contributed by atoms with Gasteiger partial charge >= 0.3 is 0 Å². The molecule has 0 aliphatic rings. The molecule has 2 aromatic carbocycles. The van der Waals surface area contributed by atoms with Crippen molar-refractivity contribution in [1.82, 2.24) is 9.71 Å². The van der Waals surface area contributed by atoms with Gasteiger partial charge in [0, 0.05) is 18.0 Å². The Labute approximate surface area is 153 Å². The summed E-state index contributed by atoms with van der Waals surface area (Å²) in [6.45, 7) is -0.0122. The van der Waals surface area contributed by atoms with Gasteiger partial charge in [-0.1, -0.05) is 35.1 Å². The monoisotopic (exact) mass is 395 g/mol. The second-order valence-corrected chi connectivity index (χ2v) is 8.37. The smallest absolute Gasteiger partial charge is 0.240 e. The SMILES string of the molecule is O=C(CCNS(=O)(=O)c1ccc(Cl)cc1)Nc1nc2ccccc2s1. The normalized spacial score (nSPS) is 11.6. The fourth-order valence-electron chi connectivity index (χ4n) is 2.10. The number of hydrogen-bond acceptors (Lipinski definition) is 5. The number of nitrogens with zero attached hydrogens (tertiary/aromatic N) is 1. The first-order valence-electron chi connectivity index (χ1n) is 7.35. The molecule has 0 saturated heterocycles. The second kappa shape index (κ2) is 7.49. The fourth-order valence-corrected chi connectivity index (χ4v) is 4.14. The van der Waals surface area contributed by atoms with Gasteiger partial charge in [-0.2, -0.15) is 0 Å². The van der Waals surface area contributed by atoms with E-state index in [1.54, 1.807) is 0 Å². The van der Waals surface area contributed by atoms with Gasteiger partial charge in [-0.05, 0) is 36.4 Å². The molecule has 1 heterocycles. The van der Waals surface area contributed by atoms with Crippen LogP contribution in [-0.2, 0) is 14.8 Å². The third kappa shape index (κ3) is 4.55. The minimum absolute atomic E-state index is 0.00272. The number of amides is 1. The third-order valence-electron chi connectivity index (χ3n) is 3.31. The lowest BCUT2D eigenvalue weighted by Crippen LogP contribution is -2.27. The van der Waals surface area contributed by atoms with Gasteiger partial charge in [-0.3, -0.25) is 4.79 Å². The highest BCUT2D eigenvalue weighted by Gasteiger charge is 2.14. The molecular formula is C16H14ClN3O3S2. The lowest BCUT2D eigenvalue weighted by molar-refractivity contribution is -0.116. The van der Waals surface area contributed by atoms with Gasteiger partial charge in [0.15, 0.2) is 5.13 Å². The van der Waals surface area contributed by atoms with E-state index in [9.17, 15) is 13.2 Å². The zero-order chi connectivity index (χ0) is 17.9. The van der Waals surface area contributed by atoms with E-state index in [1.807, 2.05) is 24.3 Å². The van der Waals surface area contributed by atoms with Crippen LogP contribution in [0.4, 0.5) is 5.13 Å². The van der Waals surface area contributed by atoms with E-state index in [2.05, 4.69) is 15.0 Å². The summed E-state index contributed by atoms with van der Waals surface area (Å²) < 4.78 is 27.6. The quantitative estimate of drug-likeness (QED) is 0.670. The first-order valence-corrected chi connectivity index (χ1v) is 10.0. The van der Waals surface area contributed by atoms with E-state index in [0.717, 1.165) is 10.2 Å². The summed E-state index contributed by atoms with van der Waals surface area (Å²) in [6.07, 6.45) is 0.00272. The van der Waals surface area contributed by atoms with Crippen LogP contribution in [0.3, 0.4) is 0 Å². The minimum atomic E-state index is -3.67. The number of fused-ring (bicyclic) bond motifs is 1. The number of hydrogen-bond donors (Lipinski definition) is 2. The van der Waals surface area contributed by atoms with Crippen LogP contribution in [-0.4, -0.2) is 25.9 Å². The standard InChI is InChI=1S/C16H14ClN3O3S2/c17-11-5-7-12(8-6-11)25(22,23)18-10-9-15(21)20-16-19-13-3-1-2-4-14(13)24-16/h1-8,18H,9-10H2,(H,19,20,21). The molecule has 0 fully saturated rings. The maximum Gasteiger partial charge on any atom is 0.240 e. The van der Waals surface area contributed by atoms with Crippen molar-refractivity contribution < 1.29 is 13.2 Å². The molecule has 0 saturated carbocycles. The minimum Gasteiger partial charge on any atom is -0.302 e. The second-order valence-electron chi connectivity index (χ2n) is 5.14. The summed E-state index contributed by atoms with van der Waals surface area (Å²) in [4.78, 5) is 16.4. The molecule has 0 aliphatic heterocycles. The summed E-state index contributed by atoms with van der Waals surface area (Å²) in [7, 11) is -3.67. The number of carbonyl (C=O) groups excluding carboxylic acids is 1. The van der Waals surface area contributed by atoms with Gasteiger partial charge in [-0.25, -0.2) is 18.1 Å². The molecule has 0 spiro atoms. The summed E-state index contributed by atoms with van der Waals surface area (Å²) in [5.41, 5.74) is 0.811. The number of carbonyl (C=O) groups is 1. The molecule has 0 atom stereocenters. The lowest BCUT2D eigenvalue weighted by Gasteiger charge is -2.06. The van der Waals surface area contributed by atoms with Crippen LogP contribution in [0, 0.1) is 0 Å². The maximum atomic E-state index is 12.1. The Morgan fingerprint density at radius 3 is 2.56 bits per heavy atom. The highest BCUT2D eigenvalue weighted by Crippen LogP contribution is 2.25. The molecule has 9 heteroatoms. The molecule has 1 amide bonds. The number of aromatic nitrogens is 1. The molecule has 2 N–H and O–H groups in total. The van der Waals surface area contributed by atoms with Crippen molar-refractivity contribution in [2.45, 2.75) is 11.3 Å². The highest BCUT2D eigenvalue weighted by atomic mass is 35.5. The summed E-state index contributed by atoms with van der Waals surface area (Å²) in [5.74, 6) is -0.308. The Hall–Kier alpha value is -2.00. The van der Waals surface area contributed by atoms with Crippen LogP contribution in [0.1, 0.15) is 6.42 Å². The molecule has 0 bridgehead atoms. The van der Waals surface area contributed by atoms with Crippen molar-refractivity contribution in [2.75, 3.05) is 11.9 Å². The lowest BCUT2D eigenvalue weighted by atomic mass is 10.3. The van der Waals surface area contributed by atoms with Gasteiger partial charge in [0.25, 0.3) is 0 Å². The van der Waals surface area contributed by atoms with Gasteiger partial charge in [-0.15, -0.1) is 0 Å². The summed E-state index contributed by atoms with van der Waals surface area (Å²) in [5, 5.41) is 3.63. The molecule has 0 unspecified atom stereocenters. The van der Waals surface area contributed by atoms with E-state index in [1.165, 1.54) is 35.6 Å². The van der Waals surface area contributed by atoms with Crippen LogP contribution in [0.25, 0.3) is 10.2 Å². The largest absolute Gasteiger partial charge is 0.302 e. The molecule has 6 nitrogen and oxygen atoms in total. The fraction of sp³-hybridized carbons (Fsp3) is 0.125. The molecule has 0 radical (unpaired) electrons. The van der Waals surface area contributed by atoms with E-state index in [4.69, 9.17) is 11.6 Å². The van der Waals surface area contributed by atoms with Crippen LogP contribution < -0.4 is 10.0 Å². The summed E-state index contributed by atoms with van der Waals surface area (Å²) >= 11 is 7.11. The van der Waals surface area contributed by atoms with Gasteiger partial charge in [0.1, 0.15) is 0 Å². The Kier molecular flexibility index (Phi) is 5.33. The van der Waals surface area contributed by atoms with Crippen molar-refractivity contribution in [3.63, 3.8) is 0 Å². The van der Waals surface area contributed by atoms with Crippen molar-refractivity contribution >= 4 is 54.2 Å².